The van der Waals surface area contributed by atoms with Crippen molar-refractivity contribution in [3.8, 4) is 5.75 Å². The van der Waals surface area contributed by atoms with Crippen LogP contribution in [-0.4, -0.2) is 36.8 Å². The van der Waals surface area contributed by atoms with Crippen molar-refractivity contribution in [1.29, 1.82) is 0 Å². The fraction of sp³-hybridized carbons (Fsp3) is 0.367. The van der Waals surface area contributed by atoms with E-state index in [1.807, 2.05) is 30.3 Å². The minimum absolute atomic E-state index is 0.190. The van der Waals surface area contributed by atoms with E-state index < -0.39 is 12.0 Å². The van der Waals surface area contributed by atoms with Gasteiger partial charge in [0.05, 0.1) is 35.1 Å². The Hall–Kier alpha value is -3.65. The maximum atomic E-state index is 13.9. The summed E-state index contributed by atoms with van der Waals surface area (Å²) in [5, 5.41) is 0. The summed E-state index contributed by atoms with van der Waals surface area (Å²) >= 11 is 1.33. The number of carbonyl (C=O) groups excluding carboxylic acids is 1. The van der Waals surface area contributed by atoms with Gasteiger partial charge in [-0.25, -0.2) is 9.79 Å². The predicted octanol–water partition coefficient (Wildman–Crippen LogP) is 4.10. The zero-order chi connectivity index (χ0) is 27.0. The molecule has 0 saturated carbocycles. The first-order chi connectivity index (χ1) is 18.3. The van der Waals surface area contributed by atoms with Gasteiger partial charge in [-0.05, 0) is 87.6 Å². The van der Waals surface area contributed by atoms with E-state index in [-0.39, 0.29) is 11.7 Å². The molecule has 2 aliphatic rings. The van der Waals surface area contributed by atoms with Crippen LogP contribution in [0.3, 0.4) is 0 Å². The first-order valence-electron chi connectivity index (χ1n) is 13.0. The van der Waals surface area contributed by atoms with Crippen LogP contribution < -0.4 is 24.5 Å². The Kier molecular flexibility index (Phi) is 7.25. The van der Waals surface area contributed by atoms with Gasteiger partial charge in [0.1, 0.15) is 5.75 Å². The van der Waals surface area contributed by atoms with Gasteiger partial charge in [0.2, 0.25) is 0 Å². The van der Waals surface area contributed by atoms with E-state index in [0.717, 1.165) is 24.2 Å². The number of ether oxygens (including phenoxy) is 2. The molecule has 0 amide bonds. The molecule has 198 valence electrons. The summed E-state index contributed by atoms with van der Waals surface area (Å²) in [6, 6.07) is 13.1. The highest BCUT2D eigenvalue weighted by molar-refractivity contribution is 7.07. The van der Waals surface area contributed by atoms with Crippen LogP contribution in [0, 0.1) is 6.92 Å². The van der Waals surface area contributed by atoms with E-state index in [9.17, 15) is 9.59 Å². The normalized spacial score (nSPS) is 17.6. The molecule has 0 spiro atoms. The maximum absolute atomic E-state index is 13.9. The number of carbonyl (C=O) groups is 1. The predicted molar refractivity (Wildman–Crippen MR) is 151 cm³/mol. The molecule has 0 N–H and O–H groups in total. The standard InChI is InChI=1S/C30H33N3O4S/c1-18(2)37-29(35)26-20(4)31-30-33(27(26)22-9-8-10-23(17-22)36-5)28(34)25(38-30)16-21-11-12-24(19(3)15-21)32-13-6-7-14-32/h8-12,15-18,27H,6-7,13-14H2,1-5H3/b25-16-/t27-/m1/s1. The van der Waals surface area contributed by atoms with Crippen LogP contribution in [0.4, 0.5) is 5.69 Å². The summed E-state index contributed by atoms with van der Waals surface area (Å²) in [5.41, 5.74) is 4.88. The van der Waals surface area contributed by atoms with Crippen LogP contribution >= 0.6 is 11.3 Å². The van der Waals surface area contributed by atoms with Gasteiger partial charge in [-0.15, -0.1) is 0 Å². The molecule has 5 rings (SSSR count). The lowest BCUT2D eigenvalue weighted by Crippen LogP contribution is -2.40. The molecule has 1 fully saturated rings. The van der Waals surface area contributed by atoms with Crippen molar-refractivity contribution in [3.63, 3.8) is 0 Å². The van der Waals surface area contributed by atoms with Crippen LogP contribution in [0.5, 0.6) is 5.75 Å². The maximum Gasteiger partial charge on any atom is 0.338 e. The van der Waals surface area contributed by atoms with Crippen LogP contribution in [0.1, 0.15) is 56.3 Å². The third-order valence-electron chi connectivity index (χ3n) is 6.96. The fourth-order valence-corrected chi connectivity index (χ4v) is 6.27. The van der Waals surface area contributed by atoms with Crippen LogP contribution in [0.2, 0.25) is 0 Å². The first kappa shape index (κ1) is 26.0. The zero-order valence-corrected chi connectivity index (χ0v) is 23.3. The molecule has 0 bridgehead atoms. The van der Waals surface area contributed by atoms with Crippen molar-refractivity contribution < 1.29 is 14.3 Å². The number of aryl methyl sites for hydroxylation is 1. The van der Waals surface area contributed by atoms with Gasteiger partial charge in [0.25, 0.3) is 5.56 Å². The van der Waals surface area contributed by atoms with E-state index in [4.69, 9.17) is 9.47 Å². The highest BCUT2D eigenvalue weighted by atomic mass is 32.1. The third-order valence-corrected chi connectivity index (χ3v) is 7.94. The van der Waals surface area contributed by atoms with E-state index in [1.54, 1.807) is 32.4 Å². The number of thiazole rings is 1. The Morgan fingerprint density at radius 2 is 1.89 bits per heavy atom. The largest absolute Gasteiger partial charge is 0.497 e. The van der Waals surface area contributed by atoms with Crippen LogP contribution in [-0.2, 0) is 9.53 Å². The molecule has 2 aromatic carbocycles. The Balaban J connectivity index is 1.63. The minimum atomic E-state index is -0.672. The highest BCUT2D eigenvalue weighted by Crippen LogP contribution is 2.32. The van der Waals surface area contributed by atoms with Crippen molar-refractivity contribution >= 4 is 29.1 Å². The van der Waals surface area contributed by atoms with E-state index in [2.05, 4.69) is 35.0 Å². The lowest BCUT2D eigenvalue weighted by Gasteiger charge is -2.25. The molecule has 1 saturated heterocycles. The van der Waals surface area contributed by atoms with Gasteiger partial charge in [-0.2, -0.15) is 0 Å². The van der Waals surface area contributed by atoms with Gasteiger partial charge in [0.15, 0.2) is 4.80 Å². The van der Waals surface area contributed by atoms with Gasteiger partial charge in [-0.3, -0.25) is 9.36 Å². The molecule has 2 aliphatic heterocycles. The monoisotopic (exact) mass is 531 g/mol. The number of nitrogens with zero attached hydrogens (tertiary/aromatic N) is 3. The Bertz CT molecular complexity index is 1590. The van der Waals surface area contributed by atoms with Crippen LogP contribution in [0.15, 0.2) is 63.5 Å². The quantitative estimate of drug-likeness (QED) is 0.448. The summed E-state index contributed by atoms with van der Waals surface area (Å²) < 4.78 is 13.2. The second-order valence-corrected chi connectivity index (χ2v) is 11.1. The molecular weight excluding hydrogens is 498 g/mol. The van der Waals surface area contributed by atoms with Gasteiger partial charge >= 0.3 is 5.97 Å². The summed E-state index contributed by atoms with van der Waals surface area (Å²) in [6.07, 6.45) is 4.06. The van der Waals surface area contributed by atoms with Gasteiger partial charge in [0, 0.05) is 18.8 Å². The molecule has 0 aliphatic carbocycles. The molecule has 0 radical (unpaired) electrons. The zero-order valence-electron chi connectivity index (χ0n) is 22.5. The fourth-order valence-electron chi connectivity index (χ4n) is 5.22. The molecule has 3 aromatic rings. The second-order valence-electron chi connectivity index (χ2n) is 10.1. The third kappa shape index (κ3) is 4.92. The minimum Gasteiger partial charge on any atom is -0.497 e. The Morgan fingerprint density at radius 3 is 2.58 bits per heavy atom. The van der Waals surface area contributed by atoms with Gasteiger partial charge < -0.3 is 14.4 Å². The summed E-state index contributed by atoms with van der Waals surface area (Å²) in [5.74, 6) is 0.167. The number of hydrogen-bond acceptors (Lipinski definition) is 7. The molecule has 0 unspecified atom stereocenters. The number of allylic oxidation sites excluding steroid dienone is 1. The average Bonchev–Trinajstić information content (AvgIpc) is 3.51. The second kappa shape index (κ2) is 10.6. The molecule has 3 heterocycles. The SMILES string of the molecule is COc1cccc([C@@H]2C(C(=O)OC(C)C)=C(C)N=c3s/c(=C\c4ccc(N5CCCC5)c(C)c4)c(=O)n32)c1. The first-order valence-corrected chi connectivity index (χ1v) is 13.8. The smallest absolute Gasteiger partial charge is 0.338 e. The van der Waals surface area contributed by atoms with Crippen molar-refractivity contribution in [1.82, 2.24) is 4.57 Å². The van der Waals surface area contributed by atoms with Crippen LogP contribution in [0.25, 0.3) is 6.08 Å². The van der Waals surface area contributed by atoms with Gasteiger partial charge in [-0.1, -0.05) is 29.5 Å². The number of anilines is 1. The Labute approximate surface area is 226 Å². The number of aromatic nitrogens is 1. The number of fused-ring (bicyclic) bond motifs is 1. The number of hydrogen-bond donors (Lipinski definition) is 0. The number of rotatable bonds is 6. The van der Waals surface area contributed by atoms with Crippen molar-refractivity contribution in [2.24, 2.45) is 4.99 Å². The lowest BCUT2D eigenvalue weighted by atomic mass is 9.95. The van der Waals surface area contributed by atoms with Crippen molar-refractivity contribution in [3.05, 3.63) is 90.1 Å². The average molecular weight is 532 g/mol. The summed E-state index contributed by atoms with van der Waals surface area (Å²) in [4.78, 5) is 34.8. The number of benzene rings is 2. The number of esters is 1. The van der Waals surface area contributed by atoms with E-state index in [1.165, 1.54) is 35.4 Å². The molecule has 8 heteroatoms. The summed E-state index contributed by atoms with van der Waals surface area (Å²) in [7, 11) is 1.59. The Morgan fingerprint density at radius 1 is 1.13 bits per heavy atom. The molecular formula is C30H33N3O4S. The summed E-state index contributed by atoms with van der Waals surface area (Å²) in [6.45, 7) is 9.70. The number of methoxy groups -OCH3 is 1. The molecule has 7 nitrogen and oxygen atoms in total. The topological polar surface area (TPSA) is 73.1 Å². The van der Waals surface area contributed by atoms with Crippen molar-refractivity contribution in [2.45, 2.75) is 52.7 Å². The van der Waals surface area contributed by atoms with E-state index in [0.29, 0.717) is 26.4 Å². The molecule has 1 atom stereocenters. The molecule has 1 aromatic heterocycles. The highest BCUT2D eigenvalue weighted by Gasteiger charge is 2.34. The van der Waals surface area contributed by atoms with E-state index >= 15 is 0 Å². The van der Waals surface area contributed by atoms with Crippen molar-refractivity contribution in [2.75, 3.05) is 25.1 Å². The molecule has 38 heavy (non-hydrogen) atoms. The lowest BCUT2D eigenvalue weighted by molar-refractivity contribution is -0.143.